The van der Waals surface area contributed by atoms with Gasteiger partial charge in [0.1, 0.15) is 11.7 Å². The zero-order chi connectivity index (χ0) is 21.1. The Morgan fingerprint density at radius 3 is 2.83 bits per heavy atom. The first-order valence-electron chi connectivity index (χ1n) is 8.86. The number of nitrogens with two attached hydrogens (primary N) is 1. The second kappa shape index (κ2) is 7.90. The lowest BCUT2D eigenvalue weighted by atomic mass is 10.1. The first-order valence-corrected chi connectivity index (χ1v) is 8.86. The summed E-state index contributed by atoms with van der Waals surface area (Å²) in [6.45, 7) is 0.208. The molecule has 0 bridgehead atoms. The molecule has 0 amide bonds. The first-order chi connectivity index (χ1) is 14.4. The summed E-state index contributed by atoms with van der Waals surface area (Å²) in [5.41, 5.74) is 6.07. The summed E-state index contributed by atoms with van der Waals surface area (Å²) in [4.78, 5) is 8.31. The maximum atomic E-state index is 12.8. The number of hydrogen-bond acceptors (Lipinski definition) is 5. The molecule has 0 radical (unpaired) electrons. The van der Waals surface area contributed by atoms with Gasteiger partial charge in [-0.15, -0.1) is 0 Å². The molecule has 7 nitrogen and oxygen atoms in total. The van der Waals surface area contributed by atoms with Gasteiger partial charge in [0.25, 0.3) is 0 Å². The van der Waals surface area contributed by atoms with Crippen molar-refractivity contribution in [3.63, 3.8) is 0 Å². The Labute approximate surface area is 169 Å². The molecule has 10 heteroatoms. The van der Waals surface area contributed by atoms with E-state index in [1.165, 1.54) is 24.3 Å². The third-order valence-corrected chi connectivity index (χ3v) is 4.19. The van der Waals surface area contributed by atoms with Gasteiger partial charge >= 0.3 is 6.18 Å². The molecule has 3 N–H and O–H groups in total. The van der Waals surface area contributed by atoms with Gasteiger partial charge in [-0.25, -0.2) is 9.98 Å². The van der Waals surface area contributed by atoms with Crippen molar-refractivity contribution in [2.45, 2.75) is 12.6 Å². The Hall–Kier alpha value is -3.82. The fourth-order valence-corrected chi connectivity index (χ4v) is 2.81. The SMILES string of the molecule is NC(/C=C\c1n[nH]c(Cc2ccc3c(c2)OCO3)n1)=Nc1cccc(C(F)(F)F)c1. The number of alkyl halides is 3. The van der Waals surface area contributed by atoms with E-state index in [0.29, 0.717) is 29.6 Å². The molecule has 0 saturated carbocycles. The molecular weight excluding hydrogens is 399 g/mol. The van der Waals surface area contributed by atoms with E-state index in [1.807, 2.05) is 18.2 Å². The van der Waals surface area contributed by atoms with Gasteiger partial charge in [0.2, 0.25) is 6.79 Å². The Morgan fingerprint density at radius 2 is 2.00 bits per heavy atom. The number of aromatic amines is 1. The van der Waals surface area contributed by atoms with E-state index in [1.54, 1.807) is 0 Å². The standard InChI is InChI=1S/C20H16F3N5O2/c21-20(22,23)13-2-1-3-14(10-13)25-17(24)6-7-18-26-19(28-27-18)9-12-4-5-15-16(8-12)30-11-29-15/h1-8,10H,9,11H2,(H2,24,25)(H,26,27,28)/b7-6-. The van der Waals surface area contributed by atoms with Crippen LogP contribution in [0.25, 0.3) is 6.08 Å². The number of hydrogen-bond donors (Lipinski definition) is 2. The summed E-state index contributed by atoms with van der Waals surface area (Å²) < 4.78 is 48.9. The van der Waals surface area contributed by atoms with Crippen LogP contribution in [0, 0.1) is 0 Å². The molecule has 0 aliphatic carbocycles. The number of amidine groups is 1. The number of halogens is 3. The molecule has 30 heavy (non-hydrogen) atoms. The molecule has 154 valence electrons. The third kappa shape index (κ3) is 4.59. The van der Waals surface area contributed by atoms with Gasteiger partial charge in [-0.1, -0.05) is 12.1 Å². The lowest BCUT2D eigenvalue weighted by Gasteiger charge is -2.06. The highest BCUT2D eigenvalue weighted by molar-refractivity contribution is 5.96. The van der Waals surface area contributed by atoms with Gasteiger partial charge in [-0.05, 0) is 48.0 Å². The highest BCUT2D eigenvalue weighted by atomic mass is 19.4. The molecule has 0 spiro atoms. The number of nitrogens with one attached hydrogen (secondary N) is 1. The van der Waals surface area contributed by atoms with E-state index >= 15 is 0 Å². The predicted molar refractivity (Wildman–Crippen MR) is 104 cm³/mol. The van der Waals surface area contributed by atoms with Crippen molar-refractivity contribution < 1.29 is 22.6 Å². The monoisotopic (exact) mass is 415 g/mol. The summed E-state index contributed by atoms with van der Waals surface area (Å²) in [5, 5.41) is 6.90. The maximum absolute atomic E-state index is 12.8. The van der Waals surface area contributed by atoms with Crippen molar-refractivity contribution in [3.8, 4) is 11.5 Å². The molecule has 0 unspecified atom stereocenters. The van der Waals surface area contributed by atoms with E-state index in [9.17, 15) is 13.2 Å². The fraction of sp³-hybridized carbons (Fsp3) is 0.150. The number of fused-ring (bicyclic) bond motifs is 1. The van der Waals surface area contributed by atoms with Crippen molar-refractivity contribution in [3.05, 3.63) is 71.3 Å². The molecule has 1 aliphatic heterocycles. The summed E-state index contributed by atoms with van der Waals surface area (Å²) in [6.07, 6.45) is -0.991. The van der Waals surface area contributed by atoms with E-state index in [-0.39, 0.29) is 18.3 Å². The zero-order valence-corrected chi connectivity index (χ0v) is 15.5. The van der Waals surface area contributed by atoms with Crippen LogP contribution in [-0.4, -0.2) is 27.8 Å². The van der Waals surface area contributed by atoms with E-state index in [0.717, 1.165) is 17.7 Å². The van der Waals surface area contributed by atoms with Crippen LogP contribution >= 0.6 is 0 Å². The number of nitrogens with zero attached hydrogens (tertiary/aromatic N) is 3. The summed E-state index contributed by atoms with van der Waals surface area (Å²) in [5.74, 6) is 2.41. The quantitative estimate of drug-likeness (QED) is 0.487. The van der Waals surface area contributed by atoms with Crippen molar-refractivity contribution >= 4 is 17.6 Å². The lowest BCUT2D eigenvalue weighted by molar-refractivity contribution is -0.137. The summed E-state index contributed by atoms with van der Waals surface area (Å²) in [6, 6.07) is 10.2. The number of aromatic nitrogens is 3. The Morgan fingerprint density at radius 1 is 1.17 bits per heavy atom. The topological polar surface area (TPSA) is 98.4 Å². The van der Waals surface area contributed by atoms with Crippen LogP contribution in [0.15, 0.2) is 53.5 Å². The third-order valence-electron chi connectivity index (χ3n) is 4.19. The highest BCUT2D eigenvalue weighted by Crippen LogP contribution is 2.33. The molecule has 1 aliphatic rings. The highest BCUT2D eigenvalue weighted by Gasteiger charge is 2.30. The van der Waals surface area contributed by atoms with Gasteiger partial charge in [0, 0.05) is 6.42 Å². The van der Waals surface area contributed by atoms with Crippen LogP contribution in [0.5, 0.6) is 11.5 Å². The van der Waals surface area contributed by atoms with Crippen molar-refractivity contribution in [1.29, 1.82) is 0 Å². The predicted octanol–water partition coefficient (Wildman–Crippen LogP) is 3.85. The average Bonchev–Trinajstić information content (AvgIpc) is 3.35. The molecule has 1 aromatic heterocycles. The van der Waals surface area contributed by atoms with Crippen LogP contribution in [0.1, 0.15) is 22.8 Å². The smallest absolute Gasteiger partial charge is 0.416 e. The molecule has 2 heterocycles. The van der Waals surface area contributed by atoms with Crippen molar-refractivity contribution in [2.24, 2.45) is 10.7 Å². The Kier molecular flexibility index (Phi) is 5.13. The molecule has 4 rings (SSSR count). The zero-order valence-electron chi connectivity index (χ0n) is 15.5. The minimum Gasteiger partial charge on any atom is -0.454 e. The summed E-state index contributed by atoms with van der Waals surface area (Å²) >= 11 is 0. The Bertz CT molecular complexity index is 1120. The fourth-order valence-electron chi connectivity index (χ4n) is 2.81. The molecule has 0 atom stereocenters. The van der Waals surface area contributed by atoms with Crippen LogP contribution in [0.4, 0.5) is 18.9 Å². The van der Waals surface area contributed by atoms with Gasteiger partial charge in [-0.2, -0.15) is 18.3 Å². The largest absolute Gasteiger partial charge is 0.454 e. The van der Waals surface area contributed by atoms with E-state index < -0.39 is 11.7 Å². The van der Waals surface area contributed by atoms with E-state index in [2.05, 4.69) is 20.2 Å². The Balaban J connectivity index is 1.42. The van der Waals surface area contributed by atoms with Crippen LogP contribution in [0.3, 0.4) is 0 Å². The van der Waals surface area contributed by atoms with Crippen LogP contribution in [0.2, 0.25) is 0 Å². The second-order valence-corrected chi connectivity index (χ2v) is 6.42. The molecular formula is C20H16F3N5O2. The molecule has 0 fully saturated rings. The second-order valence-electron chi connectivity index (χ2n) is 6.42. The van der Waals surface area contributed by atoms with Crippen LogP contribution < -0.4 is 15.2 Å². The van der Waals surface area contributed by atoms with Gasteiger partial charge in [-0.3, -0.25) is 5.10 Å². The summed E-state index contributed by atoms with van der Waals surface area (Å²) in [7, 11) is 0. The molecule has 0 saturated heterocycles. The van der Waals surface area contributed by atoms with Gasteiger partial charge < -0.3 is 15.2 Å². The molecule has 2 aromatic carbocycles. The number of benzene rings is 2. The lowest BCUT2D eigenvalue weighted by Crippen LogP contribution is -2.07. The normalized spacial score (nSPS) is 13.9. The van der Waals surface area contributed by atoms with Crippen molar-refractivity contribution in [1.82, 2.24) is 15.2 Å². The van der Waals surface area contributed by atoms with Crippen LogP contribution in [-0.2, 0) is 12.6 Å². The number of ether oxygens (including phenoxy) is 2. The maximum Gasteiger partial charge on any atom is 0.416 e. The average molecular weight is 415 g/mol. The first kappa shape index (κ1) is 19.5. The number of rotatable bonds is 5. The molecule has 3 aromatic rings. The van der Waals surface area contributed by atoms with E-state index in [4.69, 9.17) is 15.2 Å². The number of aliphatic imine (C=N–C) groups is 1. The van der Waals surface area contributed by atoms with Gasteiger partial charge in [0.15, 0.2) is 17.3 Å². The minimum atomic E-state index is -4.44. The van der Waals surface area contributed by atoms with Crippen molar-refractivity contribution in [2.75, 3.05) is 6.79 Å². The van der Waals surface area contributed by atoms with Gasteiger partial charge in [0.05, 0.1) is 11.3 Å². The number of H-pyrrole nitrogens is 1. The minimum absolute atomic E-state index is 0.0245.